The molecule has 6 heteroatoms. The number of carbonyl (C=O) groups excluding carboxylic acids is 1. The molecule has 1 unspecified atom stereocenters. The van der Waals surface area contributed by atoms with E-state index in [2.05, 4.69) is 16.9 Å². The van der Waals surface area contributed by atoms with E-state index in [9.17, 15) is 9.18 Å². The molecule has 1 aromatic heterocycles. The van der Waals surface area contributed by atoms with Crippen molar-refractivity contribution in [1.29, 1.82) is 0 Å². The van der Waals surface area contributed by atoms with Gasteiger partial charge >= 0.3 is 0 Å². The molecule has 0 aliphatic carbocycles. The molecule has 2 heterocycles. The first-order valence-corrected chi connectivity index (χ1v) is 10.9. The van der Waals surface area contributed by atoms with Crippen LogP contribution in [0.5, 0.6) is 5.75 Å². The maximum atomic E-state index is 13.3. The number of hydrogen-bond donors (Lipinski definition) is 0. The molecular formula is C25H28FN3O2. The molecular weight excluding hydrogens is 393 g/mol. The van der Waals surface area contributed by atoms with E-state index < -0.39 is 0 Å². The number of rotatable bonds is 9. The molecule has 0 spiro atoms. The van der Waals surface area contributed by atoms with E-state index in [4.69, 9.17) is 4.74 Å². The Balaban J connectivity index is 1.29. The predicted octanol–water partition coefficient (Wildman–Crippen LogP) is 4.69. The molecule has 1 saturated heterocycles. The van der Waals surface area contributed by atoms with Crippen molar-refractivity contribution in [3.8, 4) is 11.4 Å². The highest BCUT2D eigenvalue weighted by molar-refractivity contribution is 5.97. The fourth-order valence-corrected chi connectivity index (χ4v) is 4.02. The molecule has 2 aromatic carbocycles. The van der Waals surface area contributed by atoms with Crippen molar-refractivity contribution in [1.82, 2.24) is 14.7 Å². The van der Waals surface area contributed by atoms with E-state index in [0.29, 0.717) is 23.8 Å². The molecule has 3 aromatic rings. The lowest BCUT2D eigenvalue weighted by atomic mass is 10.1. The van der Waals surface area contributed by atoms with Gasteiger partial charge in [-0.1, -0.05) is 12.1 Å². The zero-order chi connectivity index (χ0) is 21.6. The fraction of sp³-hybridized carbons (Fsp3) is 0.360. The average Bonchev–Trinajstić information content (AvgIpc) is 3.41. The van der Waals surface area contributed by atoms with Crippen molar-refractivity contribution in [3.63, 3.8) is 0 Å². The molecule has 1 aliphatic heterocycles. The van der Waals surface area contributed by atoms with Crippen molar-refractivity contribution < 1.29 is 13.9 Å². The largest absolute Gasteiger partial charge is 0.494 e. The summed E-state index contributed by atoms with van der Waals surface area (Å²) in [6.45, 7) is 5.27. The summed E-state index contributed by atoms with van der Waals surface area (Å²) >= 11 is 0. The predicted molar refractivity (Wildman–Crippen MR) is 118 cm³/mol. The van der Waals surface area contributed by atoms with Gasteiger partial charge < -0.3 is 9.64 Å². The number of ether oxygens (including phenoxy) is 1. The summed E-state index contributed by atoms with van der Waals surface area (Å²) in [6, 6.07) is 14.5. The van der Waals surface area contributed by atoms with Crippen LogP contribution in [-0.2, 0) is 6.42 Å². The zero-order valence-electron chi connectivity index (χ0n) is 17.8. The number of ketones is 1. The third kappa shape index (κ3) is 5.58. The first-order chi connectivity index (χ1) is 15.1. The number of halogens is 1. The number of nitrogens with zero attached hydrogens (tertiary/aromatic N) is 3. The summed E-state index contributed by atoms with van der Waals surface area (Å²) in [7, 11) is 0. The molecule has 1 aliphatic rings. The van der Waals surface area contributed by atoms with Gasteiger partial charge in [0.2, 0.25) is 0 Å². The van der Waals surface area contributed by atoms with E-state index in [0.717, 1.165) is 24.4 Å². The van der Waals surface area contributed by atoms with E-state index in [1.54, 1.807) is 29.2 Å². The molecule has 31 heavy (non-hydrogen) atoms. The van der Waals surface area contributed by atoms with Crippen LogP contribution in [0.15, 0.2) is 60.9 Å². The third-order valence-electron chi connectivity index (χ3n) is 5.81. The van der Waals surface area contributed by atoms with E-state index in [1.165, 1.54) is 31.5 Å². The van der Waals surface area contributed by atoms with Crippen molar-refractivity contribution in [2.75, 3.05) is 19.7 Å². The highest BCUT2D eigenvalue weighted by Gasteiger charge is 2.19. The Morgan fingerprint density at radius 1 is 1.23 bits per heavy atom. The summed E-state index contributed by atoms with van der Waals surface area (Å²) in [6.07, 6.45) is 7.01. The van der Waals surface area contributed by atoms with Gasteiger partial charge in [0.1, 0.15) is 11.6 Å². The zero-order valence-corrected chi connectivity index (χ0v) is 17.8. The van der Waals surface area contributed by atoms with E-state index in [1.807, 2.05) is 24.3 Å². The molecule has 162 valence electrons. The lowest BCUT2D eigenvalue weighted by Crippen LogP contribution is -2.28. The normalized spacial score (nSPS) is 16.5. The smallest absolute Gasteiger partial charge is 0.170 e. The number of Topliss-reactive ketones (excluding diaryl/α,β-unsaturated/α-hetero) is 1. The van der Waals surface area contributed by atoms with Gasteiger partial charge in [0, 0.05) is 25.2 Å². The van der Waals surface area contributed by atoms with Crippen LogP contribution in [0.3, 0.4) is 0 Å². The van der Waals surface area contributed by atoms with Gasteiger partial charge in [-0.05, 0) is 74.7 Å². The minimum absolute atomic E-state index is 0.0934. The molecule has 0 bridgehead atoms. The summed E-state index contributed by atoms with van der Waals surface area (Å²) in [5.41, 5.74) is 2.00. The molecule has 1 atom stereocenters. The summed E-state index contributed by atoms with van der Waals surface area (Å²) in [5, 5.41) is 4.30. The molecule has 0 amide bonds. The maximum Gasteiger partial charge on any atom is 0.170 e. The Bertz CT molecular complexity index is 1020. The van der Waals surface area contributed by atoms with Crippen LogP contribution in [0, 0.1) is 5.82 Å². The summed E-state index contributed by atoms with van der Waals surface area (Å²) in [4.78, 5) is 15.0. The molecule has 0 N–H and O–H groups in total. The second-order valence-corrected chi connectivity index (χ2v) is 8.13. The highest BCUT2D eigenvalue weighted by Crippen LogP contribution is 2.18. The Morgan fingerprint density at radius 3 is 2.81 bits per heavy atom. The minimum Gasteiger partial charge on any atom is -0.494 e. The molecule has 0 saturated carbocycles. The van der Waals surface area contributed by atoms with Crippen molar-refractivity contribution in [2.24, 2.45) is 0 Å². The number of aromatic nitrogens is 2. The second kappa shape index (κ2) is 9.88. The summed E-state index contributed by atoms with van der Waals surface area (Å²) < 4.78 is 20.9. The Morgan fingerprint density at radius 2 is 2.06 bits per heavy atom. The standard InChI is InChI=1S/C25H28FN3O2/c1-19-5-3-12-28(19)13-4-14-31-24-10-8-23(9-11-24)29-18-21(17-27-29)25(30)16-20-6-2-7-22(26)15-20/h2,6-11,15,17-19H,3-5,12-14,16H2,1H3. The van der Waals surface area contributed by atoms with E-state index >= 15 is 0 Å². The quantitative estimate of drug-likeness (QED) is 0.371. The van der Waals surface area contributed by atoms with Gasteiger partial charge in [0.05, 0.1) is 24.1 Å². The number of likely N-dealkylation sites (tertiary alicyclic amines) is 1. The third-order valence-corrected chi connectivity index (χ3v) is 5.81. The monoisotopic (exact) mass is 421 g/mol. The van der Waals surface area contributed by atoms with Gasteiger partial charge in [-0.15, -0.1) is 0 Å². The van der Waals surface area contributed by atoms with Crippen LogP contribution in [0.4, 0.5) is 4.39 Å². The van der Waals surface area contributed by atoms with Crippen LogP contribution in [-0.4, -0.2) is 46.2 Å². The lowest BCUT2D eigenvalue weighted by Gasteiger charge is -2.20. The maximum absolute atomic E-state index is 13.3. The summed E-state index contributed by atoms with van der Waals surface area (Å²) in [5.74, 6) is 0.394. The number of benzene rings is 2. The van der Waals surface area contributed by atoms with Crippen LogP contribution in [0.1, 0.15) is 42.1 Å². The van der Waals surface area contributed by atoms with Gasteiger partial charge in [-0.3, -0.25) is 4.79 Å². The van der Waals surface area contributed by atoms with Crippen LogP contribution >= 0.6 is 0 Å². The number of hydrogen-bond acceptors (Lipinski definition) is 4. The van der Waals surface area contributed by atoms with Gasteiger partial charge in [0.25, 0.3) is 0 Å². The molecule has 5 nitrogen and oxygen atoms in total. The van der Waals surface area contributed by atoms with Crippen LogP contribution in [0.2, 0.25) is 0 Å². The van der Waals surface area contributed by atoms with Gasteiger partial charge in [-0.2, -0.15) is 5.10 Å². The minimum atomic E-state index is -0.339. The van der Waals surface area contributed by atoms with E-state index in [-0.39, 0.29) is 18.0 Å². The van der Waals surface area contributed by atoms with Gasteiger partial charge in [0.15, 0.2) is 5.78 Å². The number of carbonyl (C=O) groups is 1. The second-order valence-electron chi connectivity index (χ2n) is 8.13. The topological polar surface area (TPSA) is 47.4 Å². The SMILES string of the molecule is CC1CCCN1CCCOc1ccc(-n2cc(C(=O)Cc3cccc(F)c3)cn2)cc1. The fourth-order valence-electron chi connectivity index (χ4n) is 4.02. The Labute approximate surface area is 182 Å². The van der Waals surface area contributed by atoms with Crippen molar-refractivity contribution >= 4 is 5.78 Å². The average molecular weight is 422 g/mol. The van der Waals surface area contributed by atoms with Gasteiger partial charge in [-0.25, -0.2) is 9.07 Å². The molecule has 1 fully saturated rings. The molecule has 4 rings (SSSR count). The van der Waals surface area contributed by atoms with Crippen molar-refractivity contribution in [2.45, 2.75) is 38.6 Å². The highest BCUT2D eigenvalue weighted by atomic mass is 19.1. The Kier molecular flexibility index (Phi) is 6.77. The Hall–Kier alpha value is -2.99. The van der Waals surface area contributed by atoms with Crippen LogP contribution in [0.25, 0.3) is 5.69 Å². The first-order valence-electron chi connectivity index (χ1n) is 10.9. The molecule has 0 radical (unpaired) electrons. The lowest BCUT2D eigenvalue weighted by molar-refractivity contribution is 0.0993. The van der Waals surface area contributed by atoms with Crippen LogP contribution < -0.4 is 4.74 Å². The van der Waals surface area contributed by atoms with Crippen molar-refractivity contribution in [3.05, 3.63) is 77.9 Å². The first kappa shape index (κ1) is 21.2.